The molecule has 31 heavy (non-hydrogen) atoms. The van der Waals surface area contributed by atoms with Crippen molar-refractivity contribution in [3.05, 3.63) is 29.8 Å². The Morgan fingerprint density at radius 2 is 1.81 bits per heavy atom. The van der Waals surface area contributed by atoms with E-state index in [1.54, 1.807) is 7.11 Å². The number of rotatable bonds is 7. The molecular weight excluding hydrogens is 412 g/mol. The summed E-state index contributed by atoms with van der Waals surface area (Å²) >= 11 is 0. The lowest BCUT2D eigenvalue weighted by Gasteiger charge is -2.39. The molecule has 0 aromatic heterocycles. The first-order chi connectivity index (χ1) is 14.9. The Morgan fingerprint density at radius 3 is 2.39 bits per heavy atom. The summed E-state index contributed by atoms with van der Waals surface area (Å²) in [6, 6.07) is 8.84. The maximum Gasteiger partial charge on any atom is 0.220 e. The van der Waals surface area contributed by atoms with Gasteiger partial charge >= 0.3 is 0 Å². The first-order valence-corrected chi connectivity index (χ1v) is 13.6. The zero-order valence-corrected chi connectivity index (χ0v) is 19.5. The summed E-state index contributed by atoms with van der Waals surface area (Å²) in [7, 11) is -1.21. The Hall–Kier alpha value is -1.60. The molecule has 2 aliphatic heterocycles. The second-order valence-corrected chi connectivity index (χ2v) is 12.0. The lowest BCUT2D eigenvalue weighted by molar-refractivity contribution is -0.122. The van der Waals surface area contributed by atoms with E-state index in [-0.39, 0.29) is 34.8 Å². The molecule has 4 rings (SSSR count). The third-order valence-corrected chi connectivity index (χ3v) is 9.38. The average Bonchev–Trinajstić information content (AvgIpc) is 3.36. The molecule has 3 aliphatic rings. The summed E-state index contributed by atoms with van der Waals surface area (Å²) in [5, 5.41) is 3.17. The summed E-state index contributed by atoms with van der Waals surface area (Å²) in [6.07, 6.45) is 7.95. The van der Waals surface area contributed by atoms with Gasteiger partial charge in [0.25, 0.3) is 0 Å². The predicted molar refractivity (Wildman–Crippen MR) is 122 cm³/mol. The van der Waals surface area contributed by atoms with Gasteiger partial charge < -0.3 is 15.0 Å². The molecule has 172 valence electrons. The quantitative estimate of drug-likeness (QED) is 0.694. The van der Waals surface area contributed by atoms with E-state index in [2.05, 4.69) is 34.5 Å². The number of ether oxygens (including phenoxy) is 1. The Morgan fingerprint density at radius 1 is 1.13 bits per heavy atom. The van der Waals surface area contributed by atoms with Crippen LogP contribution in [-0.2, 0) is 20.0 Å². The van der Waals surface area contributed by atoms with Crippen LogP contribution in [0.4, 0.5) is 0 Å². The highest BCUT2D eigenvalue weighted by Crippen LogP contribution is 2.42. The molecule has 1 aromatic rings. The number of piperidine rings is 1. The van der Waals surface area contributed by atoms with Crippen molar-refractivity contribution in [3.8, 4) is 5.75 Å². The first-order valence-electron chi connectivity index (χ1n) is 11.7. The van der Waals surface area contributed by atoms with Crippen LogP contribution in [0, 0.1) is 5.92 Å². The van der Waals surface area contributed by atoms with Crippen molar-refractivity contribution in [2.75, 3.05) is 38.2 Å². The average molecular weight is 449 g/mol. The third kappa shape index (κ3) is 5.61. The number of hydrogen-bond acceptors (Lipinski definition) is 5. The van der Waals surface area contributed by atoms with Gasteiger partial charge in [0, 0.05) is 37.5 Å². The van der Waals surface area contributed by atoms with Crippen LogP contribution < -0.4 is 10.1 Å². The molecule has 2 saturated heterocycles. The molecular formula is C24H36N2O4S. The predicted octanol–water partition coefficient (Wildman–Crippen LogP) is 2.91. The molecule has 0 bridgehead atoms. The van der Waals surface area contributed by atoms with Crippen molar-refractivity contribution in [2.45, 2.75) is 62.8 Å². The number of nitrogens with zero attached hydrogens (tertiary/aromatic N) is 1. The maximum absolute atomic E-state index is 12.4. The fraction of sp³-hybridized carbons (Fsp3) is 0.708. The molecule has 0 radical (unpaired) electrons. The smallest absolute Gasteiger partial charge is 0.220 e. The molecule has 1 amide bonds. The molecule has 2 heterocycles. The molecule has 3 fully saturated rings. The lowest BCUT2D eigenvalue weighted by atomic mass is 9.78. The van der Waals surface area contributed by atoms with Gasteiger partial charge in [0.05, 0.1) is 18.6 Å². The highest BCUT2D eigenvalue weighted by molar-refractivity contribution is 7.91. The standard InChI is InChI=1S/C24H36N2O4S/c1-30-22-6-4-20(5-7-22)24(11-2-3-12-24)18-26-13-8-21(9-14-26)25-23(27)16-19-10-15-31(28,29)17-19/h4-7,19,21H,2-3,8-18H2,1H3,(H,25,27)/t19-/m1/s1. The third-order valence-electron chi connectivity index (χ3n) is 7.54. The number of carbonyl (C=O) groups excluding carboxylic acids is 1. The van der Waals surface area contributed by atoms with E-state index in [0.717, 1.165) is 38.2 Å². The van der Waals surface area contributed by atoms with E-state index in [4.69, 9.17) is 4.74 Å². The number of likely N-dealkylation sites (tertiary alicyclic amines) is 1. The van der Waals surface area contributed by atoms with Gasteiger partial charge in [-0.15, -0.1) is 0 Å². The Labute approximate surface area is 186 Å². The molecule has 6 nitrogen and oxygen atoms in total. The second-order valence-electron chi connectivity index (χ2n) is 9.81. The molecule has 0 unspecified atom stereocenters. The van der Waals surface area contributed by atoms with Crippen molar-refractivity contribution in [2.24, 2.45) is 5.92 Å². The lowest BCUT2D eigenvalue weighted by Crippen LogP contribution is -2.48. The number of methoxy groups -OCH3 is 1. The van der Waals surface area contributed by atoms with Gasteiger partial charge in [0.15, 0.2) is 9.84 Å². The van der Waals surface area contributed by atoms with Gasteiger partial charge in [-0.2, -0.15) is 0 Å². The van der Waals surface area contributed by atoms with Gasteiger partial charge in [-0.25, -0.2) is 8.42 Å². The molecule has 1 saturated carbocycles. The minimum atomic E-state index is -2.92. The minimum absolute atomic E-state index is 0.00295. The Bertz CT molecular complexity index is 854. The number of nitrogens with one attached hydrogen (secondary N) is 1. The van der Waals surface area contributed by atoms with Crippen molar-refractivity contribution in [1.29, 1.82) is 0 Å². The fourth-order valence-corrected chi connectivity index (χ4v) is 7.64. The largest absolute Gasteiger partial charge is 0.497 e. The normalized spacial score (nSPS) is 26.0. The van der Waals surface area contributed by atoms with E-state index in [1.807, 2.05) is 0 Å². The van der Waals surface area contributed by atoms with Crippen molar-refractivity contribution in [3.63, 3.8) is 0 Å². The number of carbonyl (C=O) groups is 1. The SMILES string of the molecule is COc1ccc(C2(CN3CCC(NC(=O)C[C@H]4CCS(=O)(=O)C4)CC3)CCCC2)cc1. The van der Waals surface area contributed by atoms with Crippen molar-refractivity contribution < 1.29 is 17.9 Å². The Balaban J connectivity index is 1.27. The van der Waals surface area contributed by atoms with E-state index in [1.165, 1.54) is 31.2 Å². The zero-order valence-electron chi connectivity index (χ0n) is 18.6. The van der Waals surface area contributed by atoms with Crippen molar-refractivity contribution >= 4 is 15.7 Å². The summed E-state index contributed by atoms with van der Waals surface area (Å²) < 4.78 is 28.6. The van der Waals surface area contributed by atoms with Gasteiger partial charge in [-0.05, 0) is 55.7 Å². The van der Waals surface area contributed by atoms with Gasteiger partial charge in [-0.3, -0.25) is 4.79 Å². The highest BCUT2D eigenvalue weighted by atomic mass is 32.2. The van der Waals surface area contributed by atoms with E-state index in [0.29, 0.717) is 12.8 Å². The van der Waals surface area contributed by atoms with Crippen LogP contribution >= 0.6 is 0 Å². The molecule has 1 aliphatic carbocycles. The van der Waals surface area contributed by atoms with Gasteiger partial charge in [0.1, 0.15) is 5.75 Å². The van der Waals surface area contributed by atoms with Crippen LogP contribution in [0.25, 0.3) is 0 Å². The van der Waals surface area contributed by atoms with Gasteiger partial charge in [0.2, 0.25) is 5.91 Å². The topological polar surface area (TPSA) is 75.7 Å². The highest BCUT2D eigenvalue weighted by Gasteiger charge is 2.38. The maximum atomic E-state index is 12.4. The van der Waals surface area contributed by atoms with E-state index in [9.17, 15) is 13.2 Å². The molecule has 1 aromatic carbocycles. The van der Waals surface area contributed by atoms with Gasteiger partial charge in [-0.1, -0.05) is 25.0 Å². The monoisotopic (exact) mass is 448 g/mol. The second kappa shape index (κ2) is 9.49. The number of hydrogen-bond donors (Lipinski definition) is 1. The first kappa shape index (κ1) is 22.6. The van der Waals surface area contributed by atoms with Crippen molar-refractivity contribution in [1.82, 2.24) is 10.2 Å². The van der Waals surface area contributed by atoms with E-state index >= 15 is 0 Å². The van der Waals surface area contributed by atoms with Crippen LogP contribution in [-0.4, -0.2) is 63.5 Å². The van der Waals surface area contributed by atoms with Crippen LogP contribution in [0.1, 0.15) is 56.9 Å². The number of sulfone groups is 1. The molecule has 0 spiro atoms. The van der Waals surface area contributed by atoms with Crippen LogP contribution in [0.2, 0.25) is 0 Å². The minimum Gasteiger partial charge on any atom is -0.497 e. The van der Waals surface area contributed by atoms with Crippen LogP contribution in [0.5, 0.6) is 5.75 Å². The zero-order chi connectivity index (χ0) is 21.9. The summed E-state index contributed by atoms with van der Waals surface area (Å²) in [5.41, 5.74) is 1.66. The molecule has 1 N–H and O–H groups in total. The van der Waals surface area contributed by atoms with Crippen LogP contribution in [0.15, 0.2) is 24.3 Å². The number of benzene rings is 1. The molecule has 7 heteroatoms. The van der Waals surface area contributed by atoms with Crippen LogP contribution in [0.3, 0.4) is 0 Å². The Kier molecular flexibility index (Phi) is 6.92. The molecule has 1 atom stereocenters. The number of amides is 1. The summed E-state index contributed by atoms with van der Waals surface area (Å²) in [6.45, 7) is 3.08. The summed E-state index contributed by atoms with van der Waals surface area (Å²) in [4.78, 5) is 15.0. The summed E-state index contributed by atoms with van der Waals surface area (Å²) in [5.74, 6) is 1.33. The fourth-order valence-electron chi connectivity index (χ4n) is 5.78. The van der Waals surface area contributed by atoms with E-state index < -0.39 is 9.84 Å².